The van der Waals surface area contributed by atoms with Gasteiger partial charge in [-0.2, -0.15) is 0 Å². The van der Waals surface area contributed by atoms with Gasteiger partial charge in [0.15, 0.2) is 17.6 Å². The van der Waals surface area contributed by atoms with E-state index in [0.717, 1.165) is 12.1 Å². The first kappa shape index (κ1) is 13.8. The summed E-state index contributed by atoms with van der Waals surface area (Å²) in [5, 5.41) is 20.9. The highest BCUT2D eigenvalue weighted by atomic mass is 19.1. The van der Waals surface area contributed by atoms with E-state index in [9.17, 15) is 18.7 Å². The van der Waals surface area contributed by atoms with Gasteiger partial charge in [-0.3, -0.25) is 0 Å². The minimum Gasteiger partial charge on any atom is -0.505 e. The van der Waals surface area contributed by atoms with Crippen molar-refractivity contribution in [1.29, 1.82) is 0 Å². The molecule has 0 amide bonds. The largest absolute Gasteiger partial charge is 0.505 e. The van der Waals surface area contributed by atoms with Crippen molar-refractivity contribution in [3.05, 3.63) is 59.7 Å². The maximum Gasteiger partial charge on any atom is 0.330 e. The zero-order valence-electron chi connectivity index (χ0n) is 10.2. The number of rotatable bonds is 4. The predicted molar refractivity (Wildman–Crippen MR) is 68.5 cm³/mol. The van der Waals surface area contributed by atoms with Crippen molar-refractivity contribution in [3.8, 4) is 5.75 Å². The zero-order valence-corrected chi connectivity index (χ0v) is 10.2. The van der Waals surface area contributed by atoms with Gasteiger partial charge in [-0.1, -0.05) is 6.07 Å². The summed E-state index contributed by atoms with van der Waals surface area (Å²) < 4.78 is 26.1. The summed E-state index contributed by atoms with van der Waals surface area (Å²) >= 11 is 0. The molecule has 2 aromatic rings. The Bertz CT molecular complexity index is 629. The Labute approximate surface area is 113 Å². The molecule has 0 bridgehead atoms. The Morgan fingerprint density at radius 3 is 2.30 bits per heavy atom. The van der Waals surface area contributed by atoms with Crippen molar-refractivity contribution in [2.24, 2.45) is 0 Å². The van der Waals surface area contributed by atoms with Crippen LogP contribution in [-0.2, 0) is 4.79 Å². The molecule has 20 heavy (non-hydrogen) atoms. The van der Waals surface area contributed by atoms with E-state index < -0.39 is 29.4 Å². The lowest BCUT2D eigenvalue weighted by atomic mass is 10.1. The standard InChI is InChI=1S/C14H11F2NO3/c15-9-2-4-10(5-3-9)17-13(14(19)20)8-1-6-12(18)11(16)7-8/h1-7,13,17-18H,(H,19,20). The normalized spacial score (nSPS) is 11.9. The number of phenolic OH excluding ortho intramolecular Hbond substituents is 1. The second kappa shape index (κ2) is 5.56. The Kier molecular flexibility index (Phi) is 3.84. The topological polar surface area (TPSA) is 69.6 Å². The molecule has 0 fully saturated rings. The van der Waals surface area contributed by atoms with Crippen LogP contribution in [0.25, 0.3) is 0 Å². The molecule has 4 nitrogen and oxygen atoms in total. The molecule has 0 aliphatic heterocycles. The molecule has 0 heterocycles. The van der Waals surface area contributed by atoms with Crippen molar-refractivity contribution >= 4 is 11.7 Å². The second-order valence-corrected chi connectivity index (χ2v) is 4.13. The quantitative estimate of drug-likeness (QED) is 0.805. The van der Waals surface area contributed by atoms with Crippen molar-refractivity contribution < 1.29 is 23.8 Å². The summed E-state index contributed by atoms with van der Waals surface area (Å²) in [7, 11) is 0. The molecule has 0 radical (unpaired) electrons. The van der Waals surface area contributed by atoms with Crippen LogP contribution >= 0.6 is 0 Å². The molecule has 0 aliphatic carbocycles. The van der Waals surface area contributed by atoms with Crippen LogP contribution in [0, 0.1) is 11.6 Å². The van der Waals surface area contributed by atoms with E-state index >= 15 is 0 Å². The first-order chi connectivity index (χ1) is 9.47. The summed E-state index contributed by atoms with van der Waals surface area (Å²) in [6.45, 7) is 0. The third kappa shape index (κ3) is 3.03. The van der Waals surface area contributed by atoms with E-state index in [2.05, 4.69) is 5.32 Å². The smallest absolute Gasteiger partial charge is 0.330 e. The summed E-state index contributed by atoms with van der Waals surface area (Å²) in [6, 6.07) is 7.21. The third-order valence-corrected chi connectivity index (χ3v) is 2.71. The minimum atomic E-state index is -1.22. The molecule has 1 unspecified atom stereocenters. The fourth-order valence-electron chi connectivity index (χ4n) is 1.70. The SMILES string of the molecule is O=C(O)C(Nc1ccc(F)cc1)c1ccc(O)c(F)c1. The number of aromatic hydroxyl groups is 1. The van der Waals surface area contributed by atoms with E-state index in [1.807, 2.05) is 0 Å². The van der Waals surface area contributed by atoms with E-state index in [1.165, 1.54) is 30.3 Å². The Morgan fingerprint density at radius 2 is 1.75 bits per heavy atom. The number of phenols is 1. The van der Waals surface area contributed by atoms with E-state index in [-0.39, 0.29) is 5.56 Å². The Balaban J connectivity index is 2.29. The fourth-order valence-corrected chi connectivity index (χ4v) is 1.70. The van der Waals surface area contributed by atoms with Gasteiger partial charge in [0, 0.05) is 5.69 Å². The Morgan fingerprint density at radius 1 is 1.10 bits per heavy atom. The van der Waals surface area contributed by atoms with E-state index in [0.29, 0.717) is 5.69 Å². The molecule has 0 aromatic heterocycles. The maximum atomic E-state index is 13.3. The molecular formula is C14H11F2NO3. The highest BCUT2D eigenvalue weighted by molar-refractivity contribution is 5.79. The van der Waals surface area contributed by atoms with Gasteiger partial charge in [0.1, 0.15) is 5.82 Å². The monoisotopic (exact) mass is 279 g/mol. The van der Waals surface area contributed by atoms with Gasteiger partial charge in [-0.05, 0) is 42.0 Å². The summed E-state index contributed by atoms with van der Waals surface area (Å²) in [6.07, 6.45) is 0. The number of aliphatic carboxylic acids is 1. The Hall–Kier alpha value is -2.63. The number of carbonyl (C=O) groups is 1. The molecule has 0 spiro atoms. The van der Waals surface area contributed by atoms with Crippen LogP contribution in [0.1, 0.15) is 11.6 Å². The zero-order chi connectivity index (χ0) is 14.7. The molecule has 3 N–H and O–H groups in total. The van der Waals surface area contributed by atoms with E-state index in [4.69, 9.17) is 5.11 Å². The molecule has 2 rings (SSSR count). The molecular weight excluding hydrogens is 268 g/mol. The van der Waals surface area contributed by atoms with Gasteiger partial charge in [-0.15, -0.1) is 0 Å². The number of hydrogen-bond acceptors (Lipinski definition) is 3. The van der Waals surface area contributed by atoms with Gasteiger partial charge in [0.2, 0.25) is 0 Å². The number of carboxylic acid groups (broad SMARTS) is 1. The van der Waals surface area contributed by atoms with Crippen molar-refractivity contribution in [2.45, 2.75) is 6.04 Å². The van der Waals surface area contributed by atoms with Crippen molar-refractivity contribution in [3.63, 3.8) is 0 Å². The molecule has 6 heteroatoms. The molecule has 2 aromatic carbocycles. The molecule has 0 aliphatic rings. The molecule has 1 atom stereocenters. The first-order valence-electron chi connectivity index (χ1n) is 5.70. The van der Waals surface area contributed by atoms with Crippen LogP contribution in [-0.4, -0.2) is 16.2 Å². The van der Waals surface area contributed by atoms with Crippen LogP contribution in [0.15, 0.2) is 42.5 Å². The van der Waals surface area contributed by atoms with Crippen LogP contribution in [0.3, 0.4) is 0 Å². The number of nitrogens with one attached hydrogen (secondary N) is 1. The van der Waals surface area contributed by atoms with Gasteiger partial charge in [-0.25, -0.2) is 13.6 Å². The lowest BCUT2D eigenvalue weighted by Gasteiger charge is -2.16. The summed E-state index contributed by atoms with van der Waals surface area (Å²) in [5.41, 5.74) is 0.518. The van der Waals surface area contributed by atoms with Crippen LogP contribution < -0.4 is 5.32 Å². The molecule has 0 saturated heterocycles. The lowest BCUT2D eigenvalue weighted by Crippen LogP contribution is -2.20. The maximum absolute atomic E-state index is 13.3. The average Bonchev–Trinajstić information content (AvgIpc) is 2.41. The lowest BCUT2D eigenvalue weighted by molar-refractivity contribution is -0.138. The number of anilines is 1. The first-order valence-corrected chi connectivity index (χ1v) is 5.70. The fraction of sp³-hybridized carbons (Fsp3) is 0.0714. The van der Waals surface area contributed by atoms with Gasteiger partial charge < -0.3 is 15.5 Å². The van der Waals surface area contributed by atoms with Gasteiger partial charge >= 0.3 is 5.97 Å². The number of carboxylic acids is 1. The minimum absolute atomic E-state index is 0.136. The van der Waals surface area contributed by atoms with Crippen LogP contribution in [0.4, 0.5) is 14.5 Å². The summed E-state index contributed by atoms with van der Waals surface area (Å²) in [5.74, 6) is -3.13. The number of halogens is 2. The van der Waals surface area contributed by atoms with Crippen LogP contribution in [0.5, 0.6) is 5.75 Å². The van der Waals surface area contributed by atoms with Gasteiger partial charge in [0.05, 0.1) is 0 Å². The molecule has 104 valence electrons. The average molecular weight is 279 g/mol. The van der Waals surface area contributed by atoms with Crippen molar-refractivity contribution in [2.75, 3.05) is 5.32 Å². The highest BCUT2D eigenvalue weighted by Crippen LogP contribution is 2.24. The van der Waals surface area contributed by atoms with Gasteiger partial charge in [0.25, 0.3) is 0 Å². The second-order valence-electron chi connectivity index (χ2n) is 4.13. The molecule has 0 saturated carbocycles. The summed E-state index contributed by atoms with van der Waals surface area (Å²) in [4.78, 5) is 11.2. The number of hydrogen-bond donors (Lipinski definition) is 3. The van der Waals surface area contributed by atoms with Crippen molar-refractivity contribution in [1.82, 2.24) is 0 Å². The third-order valence-electron chi connectivity index (χ3n) is 2.71. The highest BCUT2D eigenvalue weighted by Gasteiger charge is 2.20. The predicted octanol–water partition coefficient (Wildman–Crippen LogP) is 2.91. The van der Waals surface area contributed by atoms with Crippen LogP contribution in [0.2, 0.25) is 0 Å². The van der Waals surface area contributed by atoms with E-state index in [1.54, 1.807) is 0 Å². The number of benzene rings is 2.